The lowest BCUT2D eigenvalue weighted by Crippen LogP contribution is -2.39. The van der Waals surface area contributed by atoms with Gasteiger partial charge >= 0.3 is 0 Å². The molecule has 0 heterocycles. The van der Waals surface area contributed by atoms with Gasteiger partial charge in [-0.3, -0.25) is 0 Å². The SMILES string of the molecule is IC1=C(CC23CC4CCC2C4C3)CC1. The summed E-state index contributed by atoms with van der Waals surface area (Å²) in [5.41, 5.74) is 2.69. The first-order valence-corrected chi connectivity index (χ1v) is 7.23. The van der Waals surface area contributed by atoms with Crippen LogP contribution in [-0.4, -0.2) is 0 Å². The van der Waals surface area contributed by atoms with Crippen molar-refractivity contribution >= 4 is 22.6 Å². The molecule has 0 radical (unpaired) electrons. The Morgan fingerprint density at radius 3 is 2.64 bits per heavy atom. The maximum absolute atomic E-state index is 2.58. The third kappa shape index (κ3) is 0.868. The molecule has 0 aromatic heterocycles. The van der Waals surface area contributed by atoms with Crippen molar-refractivity contribution in [1.29, 1.82) is 0 Å². The van der Waals surface area contributed by atoms with E-state index in [9.17, 15) is 0 Å². The van der Waals surface area contributed by atoms with Crippen molar-refractivity contribution in [2.24, 2.45) is 23.2 Å². The lowest BCUT2D eigenvalue weighted by Gasteiger charge is -2.48. The van der Waals surface area contributed by atoms with Crippen molar-refractivity contribution in [3.05, 3.63) is 9.15 Å². The van der Waals surface area contributed by atoms with Crippen LogP contribution in [0.3, 0.4) is 0 Å². The van der Waals surface area contributed by atoms with Gasteiger partial charge < -0.3 is 0 Å². The van der Waals surface area contributed by atoms with Crippen molar-refractivity contribution in [3.63, 3.8) is 0 Å². The van der Waals surface area contributed by atoms with Crippen LogP contribution in [0, 0.1) is 23.2 Å². The third-order valence-electron chi connectivity index (χ3n) is 5.66. The van der Waals surface area contributed by atoms with Crippen LogP contribution in [0.15, 0.2) is 9.15 Å². The Labute approximate surface area is 99.7 Å². The molecule has 76 valence electrons. The first-order chi connectivity index (χ1) is 6.78. The molecule has 0 N–H and O–H groups in total. The summed E-state index contributed by atoms with van der Waals surface area (Å²) in [7, 11) is 0. The minimum atomic E-state index is 0.847. The van der Waals surface area contributed by atoms with E-state index in [0.29, 0.717) is 0 Å². The van der Waals surface area contributed by atoms with Gasteiger partial charge in [0, 0.05) is 0 Å². The molecule has 5 aliphatic carbocycles. The first kappa shape index (κ1) is 8.60. The molecule has 0 nitrogen and oxygen atoms in total. The highest BCUT2D eigenvalue weighted by molar-refractivity contribution is 14.1. The van der Waals surface area contributed by atoms with E-state index in [0.717, 1.165) is 5.41 Å². The Hall–Kier alpha value is 0.470. The summed E-state index contributed by atoms with van der Waals surface area (Å²) in [6.07, 6.45) is 10.7. The third-order valence-corrected chi connectivity index (χ3v) is 6.97. The van der Waals surface area contributed by atoms with Crippen LogP contribution in [0.2, 0.25) is 0 Å². The predicted molar refractivity (Wildman–Crippen MR) is 66.3 cm³/mol. The number of rotatable bonds is 2. The summed E-state index contributed by atoms with van der Waals surface area (Å²) < 4.78 is 1.71. The van der Waals surface area contributed by atoms with Gasteiger partial charge in [0.2, 0.25) is 0 Å². The molecule has 0 aromatic rings. The molecule has 4 fully saturated rings. The normalized spacial score (nSPS) is 53.4. The zero-order valence-corrected chi connectivity index (χ0v) is 10.7. The molecular formula is C13H17I. The maximum atomic E-state index is 2.58. The predicted octanol–water partition coefficient (Wildman–Crippen LogP) is 4.30. The van der Waals surface area contributed by atoms with Gasteiger partial charge in [0.25, 0.3) is 0 Å². The molecule has 0 aromatic carbocycles. The fraction of sp³-hybridized carbons (Fsp3) is 0.846. The minimum absolute atomic E-state index is 0.847. The summed E-state index contributed by atoms with van der Waals surface area (Å²) in [6, 6.07) is 0. The Morgan fingerprint density at radius 1 is 1.21 bits per heavy atom. The van der Waals surface area contributed by atoms with Crippen LogP contribution in [-0.2, 0) is 0 Å². The number of hydrogen-bond acceptors (Lipinski definition) is 0. The molecule has 0 spiro atoms. The van der Waals surface area contributed by atoms with E-state index in [1.54, 1.807) is 29.3 Å². The smallest absolute Gasteiger partial charge is 0.00985 e. The van der Waals surface area contributed by atoms with Crippen LogP contribution in [0.4, 0.5) is 0 Å². The lowest BCUT2D eigenvalue weighted by atomic mass is 9.57. The van der Waals surface area contributed by atoms with Gasteiger partial charge in [-0.1, -0.05) is 5.57 Å². The van der Waals surface area contributed by atoms with Crippen LogP contribution in [0.5, 0.6) is 0 Å². The molecule has 0 amide bonds. The second kappa shape index (κ2) is 2.58. The first-order valence-electron chi connectivity index (χ1n) is 6.15. The molecule has 5 aliphatic rings. The van der Waals surface area contributed by atoms with Crippen LogP contribution in [0.25, 0.3) is 0 Å². The molecular weight excluding hydrogens is 283 g/mol. The van der Waals surface area contributed by atoms with Crippen molar-refractivity contribution in [2.75, 3.05) is 0 Å². The molecule has 0 saturated heterocycles. The average Bonchev–Trinajstić information content (AvgIpc) is 2.75. The van der Waals surface area contributed by atoms with Crippen molar-refractivity contribution in [2.45, 2.75) is 44.9 Å². The molecule has 4 saturated carbocycles. The Balaban J connectivity index is 1.60. The van der Waals surface area contributed by atoms with Crippen LogP contribution in [0.1, 0.15) is 44.9 Å². The van der Waals surface area contributed by atoms with E-state index in [4.69, 9.17) is 0 Å². The Morgan fingerprint density at radius 2 is 2.14 bits per heavy atom. The summed E-state index contributed by atoms with van der Waals surface area (Å²) in [5.74, 6) is 3.52. The van der Waals surface area contributed by atoms with E-state index in [1.165, 1.54) is 37.0 Å². The standard InChI is InChI=1S/C13H17I/c14-12-4-2-9(12)6-13-5-8-1-3-11(13)10(8)7-13/h8,10-11H,1-7H2. The van der Waals surface area contributed by atoms with E-state index in [1.807, 2.05) is 5.57 Å². The highest BCUT2D eigenvalue weighted by Crippen LogP contribution is 2.74. The maximum Gasteiger partial charge on any atom is -0.00985 e. The number of halogens is 1. The molecule has 1 heteroatoms. The monoisotopic (exact) mass is 300 g/mol. The largest absolute Gasteiger partial charge is 0.0600 e. The van der Waals surface area contributed by atoms with Gasteiger partial charge in [-0.2, -0.15) is 0 Å². The Kier molecular flexibility index (Phi) is 1.59. The van der Waals surface area contributed by atoms with Crippen molar-refractivity contribution < 1.29 is 0 Å². The van der Waals surface area contributed by atoms with Crippen molar-refractivity contribution in [3.8, 4) is 0 Å². The fourth-order valence-electron chi connectivity index (χ4n) is 4.97. The topological polar surface area (TPSA) is 0 Å². The molecule has 4 atom stereocenters. The zero-order valence-electron chi connectivity index (χ0n) is 8.56. The second-order valence-corrected chi connectivity index (χ2v) is 7.37. The molecule has 0 aliphatic heterocycles. The van der Waals surface area contributed by atoms with E-state index in [2.05, 4.69) is 22.6 Å². The molecule has 14 heavy (non-hydrogen) atoms. The fourth-order valence-corrected chi connectivity index (χ4v) is 5.70. The molecule has 5 rings (SSSR count). The molecule has 4 unspecified atom stereocenters. The van der Waals surface area contributed by atoms with Crippen LogP contribution < -0.4 is 0 Å². The minimum Gasteiger partial charge on any atom is -0.0600 e. The second-order valence-electron chi connectivity index (χ2n) is 6.06. The van der Waals surface area contributed by atoms with E-state index in [-0.39, 0.29) is 0 Å². The van der Waals surface area contributed by atoms with Crippen LogP contribution >= 0.6 is 22.6 Å². The Bertz CT molecular complexity index is 330. The van der Waals surface area contributed by atoms with Gasteiger partial charge in [-0.25, -0.2) is 0 Å². The summed E-state index contributed by atoms with van der Waals surface area (Å²) in [6.45, 7) is 0. The highest BCUT2D eigenvalue weighted by atomic mass is 127. The average molecular weight is 300 g/mol. The highest BCUT2D eigenvalue weighted by Gasteiger charge is 2.65. The summed E-state index contributed by atoms with van der Waals surface area (Å²) >= 11 is 2.58. The van der Waals surface area contributed by atoms with Gasteiger partial charge in [0.1, 0.15) is 0 Å². The van der Waals surface area contributed by atoms with Gasteiger partial charge in [0.05, 0.1) is 0 Å². The zero-order chi connectivity index (χ0) is 9.34. The number of hydrogen-bond donors (Lipinski definition) is 0. The summed E-state index contributed by atoms with van der Waals surface area (Å²) in [4.78, 5) is 0. The van der Waals surface area contributed by atoms with Gasteiger partial charge in [-0.05, 0) is 94.3 Å². The quantitative estimate of drug-likeness (QED) is 0.667. The van der Waals surface area contributed by atoms with E-state index < -0.39 is 0 Å². The van der Waals surface area contributed by atoms with Crippen molar-refractivity contribution in [1.82, 2.24) is 0 Å². The number of allylic oxidation sites excluding steroid dienone is 2. The van der Waals surface area contributed by atoms with Gasteiger partial charge in [0.15, 0.2) is 0 Å². The summed E-state index contributed by atoms with van der Waals surface area (Å²) in [5, 5.41) is 0. The van der Waals surface area contributed by atoms with E-state index >= 15 is 0 Å². The molecule has 4 bridgehead atoms. The van der Waals surface area contributed by atoms with Gasteiger partial charge in [-0.15, -0.1) is 0 Å². The lowest BCUT2D eigenvalue weighted by molar-refractivity contribution is 0.0363.